The van der Waals surface area contributed by atoms with E-state index in [0.29, 0.717) is 6.42 Å². The Hall–Kier alpha value is -2.41. The molecule has 0 saturated heterocycles. The highest BCUT2D eigenvalue weighted by atomic mass is 32.2. The van der Waals surface area contributed by atoms with Crippen molar-refractivity contribution in [2.24, 2.45) is 0 Å². The lowest BCUT2D eigenvalue weighted by Crippen LogP contribution is -2.27. The molecule has 5 nitrogen and oxygen atoms in total. The van der Waals surface area contributed by atoms with Crippen LogP contribution in [0.4, 0.5) is 10.1 Å². The van der Waals surface area contributed by atoms with Gasteiger partial charge in [-0.05, 0) is 36.2 Å². The van der Waals surface area contributed by atoms with Crippen LogP contribution in [0.25, 0.3) is 0 Å². The lowest BCUT2D eigenvalue weighted by molar-refractivity contribution is -0.136. The Bertz CT molecular complexity index is 803. The molecule has 0 fully saturated rings. The molecule has 2 aromatic rings. The van der Waals surface area contributed by atoms with E-state index in [1.54, 1.807) is 18.2 Å². The first-order valence-corrected chi connectivity index (χ1v) is 8.30. The minimum Gasteiger partial charge on any atom is -0.481 e. The van der Waals surface area contributed by atoms with Crippen molar-refractivity contribution in [3.8, 4) is 0 Å². The molecule has 0 amide bonds. The van der Waals surface area contributed by atoms with Gasteiger partial charge < -0.3 is 5.11 Å². The minimum absolute atomic E-state index is 0.0160. The van der Waals surface area contributed by atoms with Gasteiger partial charge in [0.05, 0.1) is 10.6 Å². The molecule has 0 atom stereocenters. The summed E-state index contributed by atoms with van der Waals surface area (Å²) in [6.07, 6.45) is 0.292. The van der Waals surface area contributed by atoms with Crippen LogP contribution < -0.4 is 4.31 Å². The third-order valence-corrected chi connectivity index (χ3v) is 5.19. The standard InChI is InChI=1S/C16H16FNO4S/c1-18(15-5-3-2-4-14(15)17)23(21,22)13-9-6-12(7-10-13)8-11-16(19)20/h2-7,9-10H,8,11H2,1H3,(H,19,20). The Morgan fingerprint density at radius 1 is 1.13 bits per heavy atom. The fourth-order valence-corrected chi connectivity index (χ4v) is 3.28. The predicted octanol–water partition coefficient (Wildman–Crippen LogP) is 2.67. The molecule has 2 aromatic carbocycles. The first-order valence-electron chi connectivity index (χ1n) is 6.86. The molecule has 0 bridgehead atoms. The first kappa shape index (κ1) is 17.0. The number of para-hydroxylation sites is 1. The van der Waals surface area contributed by atoms with E-state index in [9.17, 15) is 17.6 Å². The SMILES string of the molecule is CN(c1ccccc1F)S(=O)(=O)c1ccc(CCC(=O)O)cc1. The number of sulfonamides is 1. The number of benzene rings is 2. The van der Waals surface area contributed by atoms with Gasteiger partial charge >= 0.3 is 5.97 Å². The maximum Gasteiger partial charge on any atom is 0.303 e. The van der Waals surface area contributed by atoms with Crippen LogP contribution in [-0.4, -0.2) is 26.5 Å². The van der Waals surface area contributed by atoms with Gasteiger partial charge in [-0.3, -0.25) is 9.10 Å². The van der Waals surface area contributed by atoms with Crippen LogP contribution in [0, 0.1) is 5.82 Å². The number of aryl methyl sites for hydroxylation is 1. The van der Waals surface area contributed by atoms with Crippen molar-refractivity contribution < 1.29 is 22.7 Å². The molecule has 0 aromatic heterocycles. The monoisotopic (exact) mass is 337 g/mol. The number of hydrogen-bond donors (Lipinski definition) is 1. The number of rotatable bonds is 6. The second-order valence-electron chi connectivity index (χ2n) is 4.96. The van der Waals surface area contributed by atoms with Crippen molar-refractivity contribution in [3.05, 3.63) is 59.9 Å². The zero-order valence-corrected chi connectivity index (χ0v) is 13.3. The molecular formula is C16H16FNO4S. The van der Waals surface area contributed by atoms with Crippen molar-refractivity contribution in [2.45, 2.75) is 17.7 Å². The van der Waals surface area contributed by atoms with Gasteiger partial charge in [0, 0.05) is 13.5 Å². The number of aliphatic carboxylic acids is 1. The summed E-state index contributed by atoms with van der Waals surface area (Å²) in [5, 5.41) is 8.65. The number of nitrogens with zero attached hydrogens (tertiary/aromatic N) is 1. The largest absolute Gasteiger partial charge is 0.481 e. The molecular weight excluding hydrogens is 321 g/mol. The summed E-state index contributed by atoms with van der Waals surface area (Å²) in [5.74, 6) is -1.54. The average Bonchev–Trinajstić information content (AvgIpc) is 2.53. The zero-order valence-electron chi connectivity index (χ0n) is 12.4. The van der Waals surface area contributed by atoms with E-state index in [0.717, 1.165) is 9.87 Å². The number of hydrogen-bond acceptors (Lipinski definition) is 3. The summed E-state index contributed by atoms with van der Waals surface area (Å²) >= 11 is 0. The van der Waals surface area contributed by atoms with Crippen molar-refractivity contribution in [1.29, 1.82) is 0 Å². The number of carbonyl (C=O) groups is 1. The smallest absolute Gasteiger partial charge is 0.303 e. The van der Waals surface area contributed by atoms with Gasteiger partial charge in [0.15, 0.2) is 0 Å². The van der Waals surface area contributed by atoms with Crippen LogP contribution in [0.5, 0.6) is 0 Å². The van der Waals surface area contributed by atoms with Crippen LogP contribution in [0.1, 0.15) is 12.0 Å². The van der Waals surface area contributed by atoms with Gasteiger partial charge in [-0.15, -0.1) is 0 Å². The van der Waals surface area contributed by atoms with Gasteiger partial charge in [0.25, 0.3) is 10.0 Å². The molecule has 2 rings (SSSR count). The molecule has 23 heavy (non-hydrogen) atoms. The second-order valence-corrected chi connectivity index (χ2v) is 6.93. The van der Waals surface area contributed by atoms with Crippen molar-refractivity contribution in [2.75, 3.05) is 11.4 Å². The van der Waals surface area contributed by atoms with Crippen molar-refractivity contribution in [3.63, 3.8) is 0 Å². The number of halogens is 1. The molecule has 0 unspecified atom stereocenters. The lowest BCUT2D eigenvalue weighted by atomic mass is 10.1. The average molecular weight is 337 g/mol. The maximum atomic E-state index is 13.8. The molecule has 0 aliphatic heterocycles. The highest BCUT2D eigenvalue weighted by Crippen LogP contribution is 2.24. The van der Waals surface area contributed by atoms with E-state index in [-0.39, 0.29) is 17.0 Å². The van der Waals surface area contributed by atoms with Crippen molar-refractivity contribution >= 4 is 21.7 Å². The molecule has 0 radical (unpaired) electrons. The molecule has 0 aliphatic carbocycles. The Morgan fingerprint density at radius 2 is 1.74 bits per heavy atom. The topological polar surface area (TPSA) is 74.7 Å². The van der Waals surface area contributed by atoms with E-state index < -0.39 is 21.8 Å². The third-order valence-electron chi connectivity index (χ3n) is 3.40. The first-order chi connectivity index (χ1) is 10.8. The third kappa shape index (κ3) is 3.87. The van der Waals surface area contributed by atoms with Crippen LogP contribution in [0.15, 0.2) is 53.4 Å². The Kier molecular flexibility index (Phi) is 5.00. The summed E-state index contributed by atoms with van der Waals surface area (Å²) in [6, 6.07) is 11.5. The minimum atomic E-state index is -3.89. The van der Waals surface area contributed by atoms with Crippen LogP contribution >= 0.6 is 0 Å². The van der Waals surface area contributed by atoms with E-state index in [2.05, 4.69) is 0 Å². The summed E-state index contributed by atoms with van der Waals surface area (Å²) < 4.78 is 39.7. The van der Waals surface area contributed by atoms with E-state index >= 15 is 0 Å². The highest BCUT2D eigenvalue weighted by Gasteiger charge is 2.23. The van der Waals surface area contributed by atoms with E-state index in [1.165, 1.54) is 37.4 Å². The predicted molar refractivity (Wildman–Crippen MR) is 84.4 cm³/mol. The van der Waals surface area contributed by atoms with Crippen molar-refractivity contribution in [1.82, 2.24) is 0 Å². The quantitative estimate of drug-likeness (QED) is 0.879. The van der Waals surface area contributed by atoms with Gasteiger partial charge in [-0.25, -0.2) is 12.8 Å². The fraction of sp³-hybridized carbons (Fsp3) is 0.188. The van der Waals surface area contributed by atoms with E-state index in [4.69, 9.17) is 5.11 Å². The Balaban J connectivity index is 2.26. The van der Waals surface area contributed by atoms with Gasteiger partial charge in [0.1, 0.15) is 5.82 Å². The molecule has 122 valence electrons. The van der Waals surface area contributed by atoms with E-state index in [1.807, 2.05) is 0 Å². The Labute approximate surface area is 134 Å². The zero-order chi connectivity index (χ0) is 17.0. The summed E-state index contributed by atoms with van der Waals surface area (Å²) in [6.45, 7) is 0. The summed E-state index contributed by atoms with van der Waals surface area (Å²) in [4.78, 5) is 10.6. The second kappa shape index (κ2) is 6.78. The summed E-state index contributed by atoms with van der Waals surface area (Å²) in [5.41, 5.74) is 0.683. The molecule has 0 spiro atoms. The molecule has 1 N–H and O–H groups in total. The molecule has 0 heterocycles. The normalized spacial score (nSPS) is 11.2. The van der Waals surface area contributed by atoms with Gasteiger partial charge in [-0.1, -0.05) is 24.3 Å². The van der Waals surface area contributed by atoms with Crippen LogP contribution in [0.2, 0.25) is 0 Å². The number of anilines is 1. The fourth-order valence-electron chi connectivity index (χ4n) is 2.07. The molecule has 0 saturated carbocycles. The molecule has 0 aliphatic rings. The number of carboxylic acid groups (broad SMARTS) is 1. The van der Waals surface area contributed by atoms with Gasteiger partial charge in [-0.2, -0.15) is 0 Å². The highest BCUT2D eigenvalue weighted by molar-refractivity contribution is 7.92. The number of carboxylic acids is 1. The maximum absolute atomic E-state index is 13.8. The lowest BCUT2D eigenvalue weighted by Gasteiger charge is -2.20. The van der Waals surface area contributed by atoms with Crippen LogP contribution in [-0.2, 0) is 21.2 Å². The summed E-state index contributed by atoms with van der Waals surface area (Å²) in [7, 11) is -2.60. The Morgan fingerprint density at radius 3 is 2.30 bits per heavy atom. The van der Waals surface area contributed by atoms with Gasteiger partial charge in [0.2, 0.25) is 0 Å². The van der Waals surface area contributed by atoms with Crippen LogP contribution in [0.3, 0.4) is 0 Å². The molecule has 7 heteroatoms.